The molecule has 0 aliphatic carbocycles. The lowest BCUT2D eigenvalue weighted by Gasteiger charge is -2.12. The number of benzene rings is 1. The van der Waals surface area contributed by atoms with Gasteiger partial charge in [-0.3, -0.25) is 9.59 Å². The molecule has 0 spiro atoms. The number of alkyl halides is 7. The normalized spacial score (nSPS) is 12.1. The Bertz CT molecular complexity index is 1830. The summed E-state index contributed by atoms with van der Waals surface area (Å²) in [7, 11) is 0. The first kappa shape index (κ1) is 27.9. The molecule has 0 aliphatic heterocycles. The number of hydrogen-bond donors (Lipinski definition) is 2. The lowest BCUT2D eigenvalue weighted by molar-refractivity contribution is -0.140. The third-order valence-electron chi connectivity index (χ3n) is 5.72. The molecule has 41 heavy (non-hydrogen) atoms. The largest absolute Gasteiger partial charge is 0.433 e. The molecule has 0 saturated carbocycles. The number of amides is 2. The first-order chi connectivity index (χ1) is 19.2. The van der Waals surface area contributed by atoms with Crippen molar-refractivity contribution in [2.45, 2.75) is 19.0 Å². The zero-order chi connectivity index (χ0) is 29.8. The number of nitrogens with zero attached hydrogens (tertiary/aromatic N) is 4. The van der Waals surface area contributed by atoms with Gasteiger partial charge in [0.1, 0.15) is 32.6 Å². The van der Waals surface area contributed by atoms with Crippen molar-refractivity contribution >= 4 is 44.7 Å². The van der Waals surface area contributed by atoms with Gasteiger partial charge in [0.15, 0.2) is 11.3 Å². The Morgan fingerprint density at radius 2 is 1.66 bits per heavy atom. The van der Waals surface area contributed by atoms with Crippen LogP contribution in [-0.2, 0) is 6.18 Å². The molecule has 4 heterocycles. The number of carbonyl (C=O) groups is 2. The van der Waals surface area contributed by atoms with E-state index in [1.807, 2.05) is 0 Å². The summed E-state index contributed by atoms with van der Waals surface area (Å²) in [5.74, 6) is -3.01. The molecule has 0 fully saturated rings. The summed E-state index contributed by atoms with van der Waals surface area (Å²) in [6, 6.07) is 6.17. The van der Waals surface area contributed by atoms with Crippen LogP contribution in [0.5, 0.6) is 0 Å². The Hall–Kier alpha value is -4.67. The number of rotatable bonds is 6. The van der Waals surface area contributed by atoms with Gasteiger partial charge in [-0.25, -0.2) is 36.4 Å². The molecule has 212 valence electrons. The van der Waals surface area contributed by atoms with Crippen molar-refractivity contribution in [3.05, 3.63) is 75.9 Å². The molecule has 17 heteroatoms. The molecule has 0 unspecified atom stereocenters. The van der Waals surface area contributed by atoms with Gasteiger partial charge >= 0.3 is 6.18 Å². The van der Waals surface area contributed by atoms with E-state index in [2.05, 4.69) is 20.4 Å². The number of primary amides is 1. The molecule has 5 rings (SSSR count). The van der Waals surface area contributed by atoms with E-state index in [0.717, 1.165) is 30.3 Å². The van der Waals surface area contributed by atoms with Crippen molar-refractivity contribution < 1.29 is 44.7 Å². The van der Waals surface area contributed by atoms with E-state index in [-0.39, 0.29) is 27.0 Å². The Labute approximate surface area is 226 Å². The molecule has 3 N–H and O–H groups in total. The van der Waals surface area contributed by atoms with Gasteiger partial charge < -0.3 is 11.1 Å². The van der Waals surface area contributed by atoms with Gasteiger partial charge in [0.25, 0.3) is 24.7 Å². The van der Waals surface area contributed by atoms with Gasteiger partial charge in [0.05, 0.1) is 5.69 Å². The Morgan fingerprint density at radius 3 is 2.24 bits per heavy atom. The van der Waals surface area contributed by atoms with Crippen molar-refractivity contribution in [2.24, 2.45) is 5.73 Å². The molecule has 0 aliphatic rings. The molecular weight excluding hydrogens is 588 g/mol. The number of aromatic nitrogens is 4. The number of nitrogens with two attached hydrogens (primary N) is 1. The van der Waals surface area contributed by atoms with Gasteiger partial charge in [0.2, 0.25) is 0 Å². The summed E-state index contributed by atoms with van der Waals surface area (Å²) in [6.07, 6.45) is -11.4. The summed E-state index contributed by atoms with van der Waals surface area (Å²) < 4.78 is 108. The second-order valence-corrected chi connectivity index (χ2v) is 9.37. The molecule has 0 atom stereocenters. The zero-order valence-corrected chi connectivity index (χ0v) is 20.6. The van der Waals surface area contributed by atoms with Crippen molar-refractivity contribution in [3.63, 3.8) is 0 Å². The van der Waals surface area contributed by atoms with Crippen molar-refractivity contribution in [2.75, 3.05) is 5.32 Å². The minimum absolute atomic E-state index is 0.0617. The fraction of sp³-hybridized carbons (Fsp3) is 0.125. The molecule has 1 aromatic carbocycles. The SMILES string of the molecule is NC(=O)c1sc2nc(C(F)(F)F)cc(-c3ccc(F)cc3)c2c1NC(=O)c1cc2nc(C(F)F)cc(C(F)F)n2n1. The molecule has 0 saturated heterocycles. The van der Waals surface area contributed by atoms with Gasteiger partial charge in [-0.2, -0.15) is 18.3 Å². The maximum absolute atomic E-state index is 13.6. The van der Waals surface area contributed by atoms with Crippen LogP contribution in [0.2, 0.25) is 0 Å². The van der Waals surface area contributed by atoms with Crippen LogP contribution < -0.4 is 11.1 Å². The fourth-order valence-corrected chi connectivity index (χ4v) is 4.97. The number of carbonyl (C=O) groups excluding carboxylic acids is 2. The van der Waals surface area contributed by atoms with Gasteiger partial charge in [0, 0.05) is 11.5 Å². The van der Waals surface area contributed by atoms with Gasteiger partial charge in [-0.1, -0.05) is 12.1 Å². The quantitative estimate of drug-likeness (QED) is 0.219. The smallest absolute Gasteiger partial charge is 0.365 e. The Balaban J connectivity index is 1.69. The van der Waals surface area contributed by atoms with E-state index in [0.29, 0.717) is 28.0 Å². The van der Waals surface area contributed by atoms with Crippen molar-refractivity contribution in [3.8, 4) is 11.1 Å². The minimum Gasteiger partial charge on any atom is -0.365 e. The number of hydrogen-bond acceptors (Lipinski definition) is 6. The lowest BCUT2D eigenvalue weighted by Crippen LogP contribution is -2.17. The number of anilines is 1. The Morgan fingerprint density at radius 1 is 0.976 bits per heavy atom. The summed E-state index contributed by atoms with van der Waals surface area (Å²) >= 11 is 0.433. The summed E-state index contributed by atoms with van der Waals surface area (Å²) in [5, 5.41) is 5.84. The maximum atomic E-state index is 13.6. The summed E-state index contributed by atoms with van der Waals surface area (Å²) in [4.78, 5) is 31.7. The third kappa shape index (κ3) is 5.15. The fourth-order valence-electron chi connectivity index (χ4n) is 3.97. The average molecular weight is 600 g/mol. The molecule has 8 nitrogen and oxygen atoms in total. The van der Waals surface area contributed by atoms with Crippen LogP contribution in [0.1, 0.15) is 50.1 Å². The monoisotopic (exact) mass is 600 g/mol. The molecule has 0 bridgehead atoms. The second kappa shape index (κ2) is 10.1. The first-order valence-electron chi connectivity index (χ1n) is 11.1. The number of nitrogens with one attached hydrogen (secondary N) is 1. The standard InChI is InChI=1S/C24H12F8N6O2S/c25-9-3-1-8(2-4-9)10-5-14(24(30,31)32)35-23-16(10)17(18(41-23)21(33)39)36-22(40)12-7-15-34-11(19(26)27)6-13(20(28)29)38(15)37-12/h1-7,19-20H,(H2,33,39)(H,36,40). The predicted molar refractivity (Wildman–Crippen MR) is 129 cm³/mol. The third-order valence-corrected chi connectivity index (χ3v) is 6.82. The number of fused-ring (bicyclic) bond motifs is 2. The molecule has 4 aromatic heterocycles. The van der Waals surface area contributed by atoms with E-state index in [1.54, 1.807) is 0 Å². The van der Waals surface area contributed by atoms with E-state index in [4.69, 9.17) is 5.73 Å². The first-order valence-corrected chi connectivity index (χ1v) is 11.9. The minimum atomic E-state index is -4.92. The van der Waals surface area contributed by atoms with Crippen LogP contribution in [-0.4, -0.2) is 31.4 Å². The highest BCUT2D eigenvalue weighted by Gasteiger charge is 2.35. The van der Waals surface area contributed by atoms with Crippen LogP contribution >= 0.6 is 11.3 Å². The van der Waals surface area contributed by atoms with Crippen molar-refractivity contribution in [1.29, 1.82) is 0 Å². The number of pyridine rings is 1. The zero-order valence-electron chi connectivity index (χ0n) is 19.8. The summed E-state index contributed by atoms with van der Waals surface area (Å²) in [6.45, 7) is 0. The van der Waals surface area contributed by atoms with E-state index >= 15 is 0 Å². The van der Waals surface area contributed by atoms with Gasteiger partial charge in [-0.05, 0) is 35.4 Å². The molecular formula is C24H12F8N6O2S. The molecule has 0 radical (unpaired) electrons. The summed E-state index contributed by atoms with van der Waals surface area (Å²) in [5.41, 5.74) is 0.466. The number of halogens is 8. The van der Waals surface area contributed by atoms with Crippen LogP contribution in [0, 0.1) is 5.82 Å². The Kier molecular flexibility index (Phi) is 6.84. The number of thiophene rings is 1. The second-order valence-electron chi connectivity index (χ2n) is 8.37. The van der Waals surface area contributed by atoms with Crippen LogP contribution in [0.3, 0.4) is 0 Å². The molecule has 2 amide bonds. The van der Waals surface area contributed by atoms with E-state index in [1.165, 1.54) is 0 Å². The van der Waals surface area contributed by atoms with Crippen LogP contribution in [0.25, 0.3) is 27.0 Å². The lowest BCUT2D eigenvalue weighted by atomic mass is 10.0. The van der Waals surface area contributed by atoms with E-state index < -0.39 is 70.0 Å². The average Bonchev–Trinajstić information content (AvgIpc) is 3.49. The highest BCUT2D eigenvalue weighted by atomic mass is 32.1. The van der Waals surface area contributed by atoms with E-state index in [9.17, 15) is 44.7 Å². The molecule has 5 aromatic rings. The van der Waals surface area contributed by atoms with Crippen LogP contribution in [0.15, 0.2) is 42.5 Å². The topological polar surface area (TPSA) is 115 Å². The van der Waals surface area contributed by atoms with Gasteiger partial charge in [-0.15, -0.1) is 11.3 Å². The highest BCUT2D eigenvalue weighted by molar-refractivity contribution is 7.21. The van der Waals surface area contributed by atoms with Crippen LogP contribution in [0.4, 0.5) is 40.8 Å². The van der Waals surface area contributed by atoms with Crippen molar-refractivity contribution in [1.82, 2.24) is 19.6 Å². The predicted octanol–water partition coefficient (Wildman–Crippen LogP) is 6.39. The maximum Gasteiger partial charge on any atom is 0.433 e. The highest BCUT2D eigenvalue weighted by Crippen LogP contribution is 2.44.